The van der Waals surface area contributed by atoms with Gasteiger partial charge in [0.25, 0.3) is 0 Å². The first-order chi connectivity index (χ1) is 15.2. The monoisotopic (exact) mass is 432 g/mol. The Hall–Kier alpha value is -2.47. The number of thiophene rings is 1. The number of hydrogen-bond donors (Lipinski definition) is 0. The van der Waals surface area contributed by atoms with Gasteiger partial charge in [0.2, 0.25) is 5.91 Å². The number of aryl methyl sites for hydroxylation is 3. The van der Waals surface area contributed by atoms with Crippen molar-refractivity contribution < 1.29 is 4.79 Å². The highest BCUT2D eigenvalue weighted by Gasteiger charge is 2.46. The highest BCUT2D eigenvalue weighted by Crippen LogP contribution is 2.48. The lowest BCUT2D eigenvalue weighted by Crippen LogP contribution is -2.49. The molecule has 2 aliphatic carbocycles. The van der Waals surface area contributed by atoms with Crippen molar-refractivity contribution in [1.29, 1.82) is 0 Å². The van der Waals surface area contributed by atoms with Crippen molar-refractivity contribution >= 4 is 33.3 Å². The van der Waals surface area contributed by atoms with Crippen molar-refractivity contribution in [2.24, 2.45) is 5.92 Å². The van der Waals surface area contributed by atoms with Crippen molar-refractivity contribution in [3.63, 3.8) is 0 Å². The number of nitrogens with zero attached hydrogens (tertiary/aromatic N) is 4. The predicted octanol–water partition coefficient (Wildman–Crippen LogP) is 4.33. The van der Waals surface area contributed by atoms with Crippen LogP contribution in [0.25, 0.3) is 10.2 Å². The quantitative estimate of drug-likeness (QED) is 0.618. The van der Waals surface area contributed by atoms with E-state index in [0.29, 0.717) is 11.8 Å². The molecular formula is C25H28N4OS. The number of benzene rings is 1. The largest absolute Gasteiger partial charge is 0.352 e. The van der Waals surface area contributed by atoms with E-state index in [2.05, 4.69) is 34.1 Å². The van der Waals surface area contributed by atoms with E-state index in [0.717, 1.165) is 55.5 Å². The maximum atomic E-state index is 13.1. The van der Waals surface area contributed by atoms with Gasteiger partial charge in [-0.3, -0.25) is 4.79 Å². The van der Waals surface area contributed by atoms with Crippen molar-refractivity contribution in [3.05, 3.63) is 52.2 Å². The lowest BCUT2D eigenvalue weighted by atomic mass is 9.97. The fourth-order valence-electron chi connectivity index (χ4n) is 5.38. The topological polar surface area (TPSA) is 49.3 Å². The van der Waals surface area contributed by atoms with Crippen molar-refractivity contribution in [2.75, 3.05) is 31.1 Å². The Balaban J connectivity index is 1.19. The Bertz CT molecular complexity index is 1130. The van der Waals surface area contributed by atoms with E-state index in [1.54, 1.807) is 0 Å². The molecular weight excluding hydrogens is 404 g/mol. The minimum absolute atomic E-state index is 0.172. The lowest BCUT2D eigenvalue weighted by Gasteiger charge is -2.36. The van der Waals surface area contributed by atoms with E-state index >= 15 is 0 Å². The number of rotatable bonds is 3. The fourth-order valence-corrected chi connectivity index (χ4v) is 6.68. The Labute approximate surface area is 187 Å². The van der Waals surface area contributed by atoms with E-state index in [1.807, 2.05) is 24.3 Å². The van der Waals surface area contributed by atoms with Crippen LogP contribution in [-0.2, 0) is 17.6 Å². The third kappa shape index (κ3) is 3.41. The Morgan fingerprint density at radius 1 is 1.03 bits per heavy atom. The van der Waals surface area contributed by atoms with Crippen LogP contribution in [0, 0.1) is 12.8 Å². The van der Waals surface area contributed by atoms with E-state index in [9.17, 15) is 4.79 Å². The van der Waals surface area contributed by atoms with Crippen molar-refractivity contribution in [3.8, 4) is 0 Å². The minimum Gasteiger partial charge on any atom is -0.352 e. The van der Waals surface area contributed by atoms with E-state index < -0.39 is 0 Å². The van der Waals surface area contributed by atoms with Crippen LogP contribution in [0.5, 0.6) is 0 Å². The summed E-state index contributed by atoms with van der Waals surface area (Å²) in [4.78, 5) is 29.9. The summed E-state index contributed by atoms with van der Waals surface area (Å²) in [5, 5.41) is 1.29. The first-order valence-electron chi connectivity index (χ1n) is 11.6. The second kappa shape index (κ2) is 7.59. The second-order valence-electron chi connectivity index (χ2n) is 9.16. The molecule has 1 amide bonds. The summed E-state index contributed by atoms with van der Waals surface area (Å²) >= 11 is 1.87. The maximum Gasteiger partial charge on any atom is 0.226 e. The molecule has 1 saturated carbocycles. The van der Waals surface area contributed by atoms with Crippen LogP contribution in [0.2, 0.25) is 0 Å². The first kappa shape index (κ1) is 19.2. The second-order valence-corrected chi connectivity index (χ2v) is 10.2. The third-order valence-electron chi connectivity index (χ3n) is 7.13. The Kier molecular flexibility index (Phi) is 4.71. The number of hydrogen-bond acceptors (Lipinski definition) is 5. The van der Waals surface area contributed by atoms with Crippen molar-refractivity contribution in [1.82, 2.24) is 14.9 Å². The highest BCUT2D eigenvalue weighted by atomic mass is 32.1. The molecule has 1 aliphatic heterocycles. The SMILES string of the molecule is Cc1nc(N2CCN(C(=O)[C@H]3C[C@H]3c3ccccc3)CC2)c2c3c(sc2n1)CCCC3. The summed E-state index contributed by atoms with van der Waals surface area (Å²) in [7, 11) is 0. The summed E-state index contributed by atoms with van der Waals surface area (Å²) in [6.45, 7) is 5.27. The average molecular weight is 433 g/mol. The number of fused-ring (bicyclic) bond motifs is 3. The van der Waals surface area contributed by atoms with Crippen molar-refractivity contribution in [2.45, 2.75) is 44.9 Å². The number of carbonyl (C=O) groups excluding carboxylic acids is 1. The normalized spacial score (nSPS) is 23.1. The molecule has 0 bridgehead atoms. The van der Waals surface area contributed by atoms with Gasteiger partial charge in [0.1, 0.15) is 16.5 Å². The lowest BCUT2D eigenvalue weighted by molar-refractivity contribution is -0.133. The molecule has 1 aromatic carbocycles. The van der Waals surface area contributed by atoms with E-state index in [1.165, 1.54) is 40.7 Å². The standard InChI is InChI=1S/C25H28N4OS/c1-16-26-23(22-18-9-5-6-10-21(18)31-24(22)27-16)28-11-13-29(14-12-28)25(30)20-15-19(20)17-7-3-2-4-8-17/h2-4,7-8,19-20H,5-6,9-15H2,1H3/t19-,20-/m0/s1. The van der Waals surface area contributed by atoms with Gasteiger partial charge in [0, 0.05) is 37.0 Å². The van der Waals surface area contributed by atoms with Gasteiger partial charge in [-0.15, -0.1) is 11.3 Å². The summed E-state index contributed by atoms with van der Waals surface area (Å²) in [5.41, 5.74) is 2.80. The van der Waals surface area contributed by atoms with Gasteiger partial charge in [-0.2, -0.15) is 0 Å². The summed E-state index contributed by atoms with van der Waals surface area (Å²) in [6, 6.07) is 10.5. The number of piperazine rings is 1. The van der Waals surface area contributed by atoms with Crippen LogP contribution in [0.1, 0.15) is 47.0 Å². The Morgan fingerprint density at radius 3 is 2.61 bits per heavy atom. The molecule has 31 heavy (non-hydrogen) atoms. The van der Waals surface area contributed by atoms with Crippen LogP contribution < -0.4 is 4.90 Å². The van der Waals surface area contributed by atoms with Gasteiger partial charge in [0.15, 0.2) is 0 Å². The minimum atomic E-state index is 0.172. The summed E-state index contributed by atoms with van der Waals surface area (Å²) in [6.07, 6.45) is 5.87. The molecule has 0 spiro atoms. The van der Waals surface area contributed by atoms with E-state index in [-0.39, 0.29) is 5.92 Å². The van der Waals surface area contributed by atoms with Gasteiger partial charge in [0.05, 0.1) is 5.39 Å². The molecule has 2 atom stereocenters. The summed E-state index contributed by atoms with van der Waals surface area (Å²) < 4.78 is 0. The molecule has 5 nitrogen and oxygen atoms in total. The molecule has 0 unspecified atom stereocenters. The van der Waals surface area contributed by atoms with Crippen LogP contribution in [0.15, 0.2) is 30.3 Å². The third-order valence-corrected chi connectivity index (χ3v) is 8.32. The molecule has 2 fully saturated rings. The number of amides is 1. The first-order valence-corrected chi connectivity index (χ1v) is 12.4. The zero-order valence-electron chi connectivity index (χ0n) is 18.0. The van der Waals surface area contributed by atoms with Gasteiger partial charge >= 0.3 is 0 Å². The maximum absolute atomic E-state index is 13.1. The van der Waals surface area contributed by atoms with Gasteiger partial charge in [-0.1, -0.05) is 30.3 Å². The Morgan fingerprint density at radius 2 is 1.81 bits per heavy atom. The molecule has 3 heterocycles. The summed E-state index contributed by atoms with van der Waals surface area (Å²) in [5.74, 6) is 2.87. The molecule has 6 rings (SSSR count). The van der Waals surface area contributed by atoms with Crippen LogP contribution >= 0.6 is 11.3 Å². The van der Waals surface area contributed by atoms with Crippen LogP contribution in [0.3, 0.4) is 0 Å². The molecule has 1 saturated heterocycles. The smallest absolute Gasteiger partial charge is 0.226 e. The average Bonchev–Trinajstić information content (AvgIpc) is 3.53. The van der Waals surface area contributed by atoms with Gasteiger partial charge in [-0.25, -0.2) is 9.97 Å². The number of aromatic nitrogens is 2. The molecule has 3 aliphatic rings. The fraction of sp³-hybridized carbons (Fsp3) is 0.480. The molecule has 6 heteroatoms. The number of carbonyl (C=O) groups is 1. The molecule has 0 N–H and O–H groups in total. The zero-order chi connectivity index (χ0) is 20.9. The zero-order valence-corrected chi connectivity index (χ0v) is 18.8. The van der Waals surface area contributed by atoms with E-state index in [4.69, 9.17) is 9.97 Å². The molecule has 0 radical (unpaired) electrons. The number of anilines is 1. The molecule has 3 aromatic rings. The van der Waals surface area contributed by atoms with Gasteiger partial charge in [-0.05, 0) is 56.1 Å². The molecule has 160 valence electrons. The predicted molar refractivity (Wildman–Crippen MR) is 125 cm³/mol. The van der Waals surface area contributed by atoms with Crippen LogP contribution in [-0.4, -0.2) is 47.0 Å². The highest BCUT2D eigenvalue weighted by molar-refractivity contribution is 7.19. The van der Waals surface area contributed by atoms with Crippen LogP contribution in [0.4, 0.5) is 5.82 Å². The molecule has 2 aromatic heterocycles. The van der Waals surface area contributed by atoms with Gasteiger partial charge < -0.3 is 9.80 Å².